The number of anilines is 1. The molecule has 7 heteroatoms. The van der Waals surface area contributed by atoms with Crippen molar-refractivity contribution in [3.8, 4) is 5.75 Å². The molecular weight excluding hydrogens is 268 g/mol. The molecular formula is C12H10N2O4S. The van der Waals surface area contributed by atoms with Gasteiger partial charge in [0.05, 0.1) is 17.4 Å². The van der Waals surface area contributed by atoms with Crippen LogP contribution < -0.4 is 5.32 Å². The number of nitrogens with zero attached hydrogens (tertiary/aromatic N) is 1. The Balaban J connectivity index is 2.32. The summed E-state index contributed by atoms with van der Waals surface area (Å²) < 4.78 is 0. The molecule has 0 spiro atoms. The molecule has 1 amide bonds. The summed E-state index contributed by atoms with van der Waals surface area (Å²) in [7, 11) is 0. The number of thiophene rings is 1. The van der Waals surface area contributed by atoms with Crippen molar-refractivity contribution in [2.75, 3.05) is 5.32 Å². The van der Waals surface area contributed by atoms with Gasteiger partial charge in [0.2, 0.25) is 0 Å². The average Bonchev–Trinajstić information content (AvgIpc) is 2.71. The van der Waals surface area contributed by atoms with Gasteiger partial charge in [-0.3, -0.25) is 9.78 Å². The highest BCUT2D eigenvalue weighted by molar-refractivity contribution is 7.12. The topological polar surface area (TPSA) is 99.5 Å². The van der Waals surface area contributed by atoms with Gasteiger partial charge in [-0.2, -0.15) is 0 Å². The molecule has 2 heterocycles. The molecule has 2 rings (SSSR count). The standard InChI is InChI=1S/C12H10N2O4S/c1-6-5-19-10(12(17)18)9(6)14-11(16)7-2-3-13-4-8(7)15/h2-5,15H,1H3,(H,14,16)(H,17,18). The van der Waals surface area contributed by atoms with Gasteiger partial charge in [-0.15, -0.1) is 11.3 Å². The molecule has 0 aliphatic heterocycles. The molecule has 6 nitrogen and oxygen atoms in total. The summed E-state index contributed by atoms with van der Waals surface area (Å²) in [5, 5.41) is 22.7. The number of hydrogen-bond donors (Lipinski definition) is 3. The maximum Gasteiger partial charge on any atom is 0.348 e. The lowest BCUT2D eigenvalue weighted by atomic mass is 10.2. The maximum absolute atomic E-state index is 12.0. The van der Waals surface area contributed by atoms with Gasteiger partial charge < -0.3 is 15.5 Å². The van der Waals surface area contributed by atoms with Crippen molar-refractivity contribution in [3.05, 3.63) is 39.8 Å². The fraction of sp³-hybridized carbons (Fsp3) is 0.0833. The van der Waals surface area contributed by atoms with E-state index >= 15 is 0 Å². The average molecular weight is 278 g/mol. The molecule has 0 aliphatic rings. The maximum atomic E-state index is 12.0. The van der Waals surface area contributed by atoms with Crippen molar-refractivity contribution in [2.45, 2.75) is 6.92 Å². The molecule has 0 bridgehead atoms. The first-order chi connectivity index (χ1) is 9.00. The van der Waals surface area contributed by atoms with Crippen LogP contribution in [0.1, 0.15) is 25.6 Å². The van der Waals surface area contributed by atoms with Crippen LogP contribution >= 0.6 is 11.3 Å². The minimum Gasteiger partial charge on any atom is -0.505 e. The van der Waals surface area contributed by atoms with E-state index in [1.165, 1.54) is 12.3 Å². The Hall–Kier alpha value is -2.41. The van der Waals surface area contributed by atoms with Gasteiger partial charge in [-0.05, 0) is 23.9 Å². The number of rotatable bonds is 3. The van der Waals surface area contributed by atoms with E-state index in [0.29, 0.717) is 5.56 Å². The Labute approximate surface area is 112 Å². The molecule has 98 valence electrons. The third kappa shape index (κ3) is 2.55. The minimum absolute atomic E-state index is 0.0388. The van der Waals surface area contributed by atoms with Crippen LogP contribution in [0.2, 0.25) is 0 Å². The van der Waals surface area contributed by atoms with Crippen molar-refractivity contribution in [2.24, 2.45) is 0 Å². The second-order valence-electron chi connectivity index (χ2n) is 3.77. The Morgan fingerprint density at radius 3 is 2.79 bits per heavy atom. The molecule has 0 aliphatic carbocycles. The van der Waals surface area contributed by atoms with Gasteiger partial charge in [0.25, 0.3) is 5.91 Å². The summed E-state index contributed by atoms with van der Waals surface area (Å²) in [5.41, 5.74) is 0.944. The monoisotopic (exact) mass is 278 g/mol. The number of hydrogen-bond acceptors (Lipinski definition) is 5. The number of carbonyl (C=O) groups excluding carboxylic acids is 1. The zero-order chi connectivity index (χ0) is 14.0. The highest BCUT2D eigenvalue weighted by atomic mass is 32.1. The van der Waals surface area contributed by atoms with Crippen LogP contribution in [0, 0.1) is 6.92 Å². The summed E-state index contributed by atoms with van der Waals surface area (Å²) >= 11 is 1.04. The highest BCUT2D eigenvalue weighted by Crippen LogP contribution is 2.28. The SMILES string of the molecule is Cc1csc(C(=O)O)c1NC(=O)c1ccncc1O. The molecule has 0 radical (unpaired) electrons. The lowest BCUT2D eigenvalue weighted by molar-refractivity contribution is 0.0703. The van der Waals surface area contributed by atoms with Crippen molar-refractivity contribution >= 4 is 28.9 Å². The van der Waals surface area contributed by atoms with Gasteiger partial charge in [-0.25, -0.2) is 4.79 Å². The van der Waals surface area contributed by atoms with E-state index in [1.807, 2.05) is 0 Å². The summed E-state index contributed by atoms with van der Waals surface area (Å²) in [5.74, 6) is -1.94. The molecule has 0 fully saturated rings. The van der Waals surface area contributed by atoms with Crippen molar-refractivity contribution in [1.82, 2.24) is 4.98 Å². The number of aryl methyl sites for hydroxylation is 1. The number of carboxylic acid groups (broad SMARTS) is 1. The Kier molecular flexibility index (Phi) is 3.48. The Morgan fingerprint density at radius 1 is 1.42 bits per heavy atom. The lowest BCUT2D eigenvalue weighted by Gasteiger charge is -2.07. The van der Waals surface area contributed by atoms with E-state index in [9.17, 15) is 14.7 Å². The van der Waals surface area contributed by atoms with E-state index in [-0.39, 0.29) is 21.9 Å². The number of amides is 1. The summed E-state index contributed by atoms with van der Waals surface area (Å²) in [6, 6.07) is 1.35. The van der Waals surface area contributed by atoms with Crippen molar-refractivity contribution in [3.63, 3.8) is 0 Å². The Morgan fingerprint density at radius 2 is 2.16 bits per heavy atom. The fourth-order valence-electron chi connectivity index (χ4n) is 1.52. The molecule has 2 aromatic heterocycles. The number of aromatic nitrogens is 1. The zero-order valence-electron chi connectivity index (χ0n) is 9.88. The van der Waals surface area contributed by atoms with E-state index < -0.39 is 11.9 Å². The van der Waals surface area contributed by atoms with Crippen molar-refractivity contribution < 1.29 is 19.8 Å². The summed E-state index contributed by atoms with van der Waals surface area (Å²) in [6.45, 7) is 1.70. The third-order valence-electron chi connectivity index (χ3n) is 2.45. The first-order valence-corrected chi connectivity index (χ1v) is 6.14. The van der Waals surface area contributed by atoms with Crippen LogP contribution in [-0.2, 0) is 0 Å². The third-order valence-corrected chi connectivity index (χ3v) is 3.54. The summed E-state index contributed by atoms with van der Waals surface area (Å²) in [4.78, 5) is 26.7. The van der Waals surface area contributed by atoms with Crippen LogP contribution in [0.5, 0.6) is 5.75 Å². The van der Waals surface area contributed by atoms with Crippen LogP contribution in [0.15, 0.2) is 23.8 Å². The van der Waals surface area contributed by atoms with E-state index in [4.69, 9.17) is 5.11 Å². The molecule has 0 aromatic carbocycles. The van der Waals surface area contributed by atoms with Crippen LogP contribution in [-0.4, -0.2) is 27.1 Å². The number of nitrogens with one attached hydrogen (secondary N) is 1. The first-order valence-electron chi connectivity index (χ1n) is 5.26. The fourth-order valence-corrected chi connectivity index (χ4v) is 2.36. The highest BCUT2D eigenvalue weighted by Gasteiger charge is 2.19. The largest absolute Gasteiger partial charge is 0.505 e. The molecule has 19 heavy (non-hydrogen) atoms. The number of aromatic hydroxyl groups is 1. The molecule has 0 unspecified atom stereocenters. The second-order valence-corrected chi connectivity index (χ2v) is 4.65. The number of pyridine rings is 1. The number of aromatic carboxylic acids is 1. The predicted molar refractivity (Wildman–Crippen MR) is 69.9 cm³/mol. The molecule has 0 saturated heterocycles. The first kappa shape index (κ1) is 13.0. The molecule has 2 aromatic rings. The quantitative estimate of drug-likeness (QED) is 0.798. The van der Waals surface area contributed by atoms with E-state index in [0.717, 1.165) is 17.5 Å². The van der Waals surface area contributed by atoms with Gasteiger partial charge in [0, 0.05) is 6.20 Å². The van der Waals surface area contributed by atoms with Gasteiger partial charge in [0.1, 0.15) is 10.6 Å². The van der Waals surface area contributed by atoms with Crippen LogP contribution in [0.4, 0.5) is 5.69 Å². The molecule has 0 saturated carbocycles. The van der Waals surface area contributed by atoms with E-state index in [1.54, 1.807) is 12.3 Å². The number of carbonyl (C=O) groups is 2. The Bertz CT molecular complexity index is 651. The van der Waals surface area contributed by atoms with Gasteiger partial charge >= 0.3 is 5.97 Å². The predicted octanol–water partition coefficient (Wildman–Crippen LogP) is 2.11. The van der Waals surface area contributed by atoms with Crippen LogP contribution in [0.3, 0.4) is 0 Å². The minimum atomic E-state index is -1.10. The van der Waals surface area contributed by atoms with Gasteiger partial charge in [-0.1, -0.05) is 0 Å². The van der Waals surface area contributed by atoms with E-state index in [2.05, 4.69) is 10.3 Å². The zero-order valence-corrected chi connectivity index (χ0v) is 10.7. The number of carboxylic acids is 1. The normalized spacial score (nSPS) is 10.2. The summed E-state index contributed by atoms with van der Waals surface area (Å²) in [6.07, 6.45) is 2.51. The molecule has 0 atom stereocenters. The van der Waals surface area contributed by atoms with Gasteiger partial charge in [0.15, 0.2) is 0 Å². The van der Waals surface area contributed by atoms with Crippen molar-refractivity contribution in [1.29, 1.82) is 0 Å². The lowest BCUT2D eigenvalue weighted by Crippen LogP contribution is -2.14. The smallest absolute Gasteiger partial charge is 0.348 e. The molecule has 3 N–H and O–H groups in total. The van der Waals surface area contributed by atoms with Crippen LogP contribution in [0.25, 0.3) is 0 Å². The second kappa shape index (κ2) is 5.07.